The number of nitrogens with one attached hydrogen (secondary N) is 2. The molecule has 1 saturated carbocycles. The number of aryl methyl sites for hydroxylation is 2. The molecule has 2 heterocycles. The second-order valence-corrected chi connectivity index (χ2v) is 9.21. The SMILES string of the molecule is Cc1ccccc1NC(=O)Cn1nc2n(CCC(=O)NC3CCCC3)c(=O)c3ccccc3n2c1=O. The lowest BCUT2D eigenvalue weighted by Gasteiger charge is -2.13. The summed E-state index contributed by atoms with van der Waals surface area (Å²) in [6.07, 6.45) is 4.23. The maximum atomic E-state index is 13.3. The number of anilines is 1. The maximum absolute atomic E-state index is 13.3. The summed E-state index contributed by atoms with van der Waals surface area (Å²) in [6, 6.07) is 14.3. The Morgan fingerprint density at radius 3 is 2.50 bits per heavy atom. The van der Waals surface area contributed by atoms with Gasteiger partial charge in [-0.05, 0) is 43.5 Å². The van der Waals surface area contributed by atoms with Crippen LogP contribution in [0.1, 0.15) is 37.7 Å². The first-order chi connectivity index (χ1) is 17.4. The molecule has 0 aliphatic heterocycles. The molecule has 4 aromatic rings. The predicted octanol–water partition coefficient (Wildman–Crippen LogP) is 2.21. The van der Waals surface area contributed by atoms with Crippen LogP contribution in [0.15, 0.2) is 58.1 Å². The van der Waals surface area contributed by atoms with Crippen molar-refractivity contribution >= 4 is 34.2 Å². The second-order valence-electron chi connectivity index (χ2n) is 9.21. The van der Waals surface area contributed by atoms with Gasteiger partial charge in [-0.25, -0.2) is 13.9 Å². The van der Waals surface area contributed by atoms with E-state index in [2.05, 4.69) is 15.7 Å². The summed E-state index contributed by atoms with van der Waals surface area (Å²) in [5.41, 5.74) is 1.07. The van der Waals surface area contributed by atoms with Gasteiger partial charge in [0.15, 0.2) is 0 Å². The van der Waals surface area contributed by atoms with E-state index >= 15 is 0 Å². The smallest absolute Gasteiger partial charge is 0.352 e. The van der Waals surface area contributed by atoms with Crippen molar-refractivity contribution in [2.45, 2.75) is 58.2 Å². The Hall–Kier alpha value is -4.21. The lowest BCUT2D eigenvalue weighted by atomic mass is 10.2. The number of hydrogen-bond acceptors (Lipinski definition) is 5. The van der Waals surface area contributed by atoms with Gasteiger partial charge in [-0.15, -0.1) is 5.10 Å². The van der Waals surface area contributed by atoms with E-state index in [1.807, 2.05) is 25.1 Å². The Balaban J connectivity index is 1.48. The predicted molar refractivity (Wildman–Crippen MR) is 136 cm³/mol. The molecule has 0 saturated heterocycles. The normalized spacial score (nSPS) is 13.9. The Kier molecular flexibility index (Phi) is 6.41. The van der Waals surface area contributed by atoms with Gasteiger partial charge in [0.05, 0.1) is 10.9 Å². The van der Waals surface area contributed by atoms with Crippen molar-refractivity contribution in [1.29, 1.82) is 0 Å². The van der Waals surface area contributed by atoms with E-state index < -0.39 is 11.6 Å². The zero-order valence-electron chi connectivity index (χ0n) is 20.1. The monoisotopic (exact) mass is 488 g/mol. The summed E-state index contributed by atoms with van der Waals surface area (Å²) in [7, 11) is 0. The zero-order chi connectivity index (χ0) is 25.2. The lowest BCUT2D eigenvalue weighted by Crippen LogP contribution is -2.34. The molecule has 1 aliphatic rings. The van der Waals surface area contributed by atoms with Crippen LogP contribution in [0.4, 0.5) is 5.69 Å². The molecule has 1 fully saturated rings. The molecular weight excluding hydrogens is 460 g/mol. The van der Waals surface area contributed by atoms with Gasteiger partial charge >= 0.3 is 5.69 Å². The molecule has 10 nitrogen and oxygen atoms in total. The minimum atomic E-state index is -0.537. The number of hydrogen-bond donors (Lipinski definition) is 2. The van der Waals surface area contributed by atoms with Crippen LogP contribution in [0.3, 0.4) is 0 Å². The molecule has 5 rings (SSSR count). The Bertz CT molecular complexity index is 1580. The number of carbonyl (C=O) groups is 2. The maximum Gasteiger partial charge on any atom is 0.352 e. The van der Waals surface area contributed by atoms with E-state index in [1.165, 1.54) is 8.97 Å². The van der Waals surface area contributed by atoms with Crippen LogP contribution in [0.2, 0.25) is 0 Å². The van der Waals surface area contributed by atoms with Crippen LogP contribution >= 0.6 is 0 Å². The summed E-state index contributed by atoms with van der Waals surface area (Å²) in [5, 5.41) is 10.5. The number of carbonyl (C=O) groups excluding carboxylic acids is 2. The highest BCUT2D eigenvalue weighted by Gasteiger charge is 2.21. The summed E-state index contributed by atoms with van der Waals surface area (Å²) in [4.78, 5) is 51.9. The largest absolute Gasteiger partial charge is 0.353 e. The second kappa shape index (κ2) is 9.80. The van der Waals surface area contributed by atoms with Crippen LogP contribution in [-0.2, 0) is 22.7 Å². The van der Waals surface area contributed by atoms with E-state index in [0.717, 1.165) is 35.9 Å². The van der Waals surface area contributed by atoms with Crippen LogP contribution in [0, 0.1) is 6.92 Å². The number of rotatable bonds is 7. The number of benzene rings is 2. The van der Waals surface area contributed by atoms with Crippen molar-refractivity contribution in [1.82, 2.24) is 24.1 Å². The average molecular weight is 489 g/mol. The summed E-state index contributed by atoms with van der Waals surface area (Å²) in [6.45, 7) is 1.62. The van der Waals surface area contributed by atoms with Crippen LogP contribution < -0.4 is 21.9 Å². The fourth-order valence-corrected chi connectivity index (χ4v) is 4.79. The van der Waals surface area contributed by atoms with Gasteiger partial charge in [-0.3, -0.25) is 19.0 Å². The van der Waals surface area contributed by atoms with E-state index in [9.17, 15) is 19.2 Å². The van der Waals surface area contributed by atoms with Crippen molar-refractivity contribution in [2.24, 2.45) is 0 Å². The van der Waals surface area contributed by atoms with Crippen LogP contribution in [0.25, 0.3) is 16.7 Å². The first-order valence-electron chi connectivity index (χ1n) is 12.2. The van der Waals surface area contributed by atoms with Crippen LogP contribution in [0.5, 0.6) is 0 Å². The van der Waals surface area contributed by atoms with Crippen molar-refractivity contribution in [3.8, 4) is 0 Å². The molecular formula is C26H28N6O4. The minimum absolute atomic E-state index is 0.0670. The van der Waals surface area contributed by atoms with Gasteiger partial charge < -0.3 is 10.6 Å². The Morgan fingerprint density at radius 2 is 1.72 bits per heavy atom. The number of para-hydroxylation sites is 2. The first kappa shape index (κ1) is 23.5. The van der Waals surface area contributed by atoms with Crippen molar-refractivity contribution < 1.29 is 9.59 Å². The molecule has 2 aromatic carbocycles. The van der Waals surface area contributed by atoms with Crippen LogP contribution in [-0.4, -0.2) is 36.6 Å². The fourth-order valence-electron chi connectivity index (χ4n) is 4.79. The number of fused-ring (bicyclic) bond motifs is 3. The number of aromatic nitrogens is 4. The summed E-state index contributed by atoms with van der Waals surface area (Å²) in [5.74, 6) is -0.454. The van der Waals surface area contributed by atoms with Crippen molar-refractivity contribution in [3.05, 3.63) is 74.9 Å². The molecule has 0 unspecified atom stereocenters. The molecule has 0 atom stereocenters. The van der Waals surface area contributed by atoms with Crippen molar-refractivity contribution in [3.63, 3.8) is 0 Å². The number of nitrogens with zero attached hydrogens (tertiary/aromatic N) is 4. The van der Waals surface area contributed by atoms with Gasteiger partial charge in [0.2, 0.25) is 17.6 Å². The highest BCUT2D eigenvalue weighted by molar-refractivity contribution is 5.91. The van der Waals surface area contributed by atoms with Gasteiger partial charge in [0.25, 0.3) is 5.56 Å². The van der Waals surface area contributed by atoms with Gasteiger partial charge in [0.1, 0.15) is 6.54 Å². The molecule has 2 aromatic heterocycles. The third-order valence-electron chi connectivity index (χ3n) is 6.68. The highest BCUT2D eigenvalue weighted by atomic mass is 16.2. The molecule has 36 heavy (non-hydrogen) atoms. The molecule has 0 spiro atoms. The Labute approximate surface area is 206 Å². The summed E-state index contributed by atoms with van der Waals surface area (Å²) < 4.78 is 3.71. The minimum Gasteiger partial charge on any atom is -0.353 e. The standard InChI is InChI=1S/C26H28N6O4/c1-17-8-2-6-12-20(17)28-23(34)16-31-26(36)32-21-13-7-5-11-19(21)24(35)30(25(32)29-31)15-14-22(33)27-18-9-3-4-10-18/h2,5-8,11-13,18H,3-4,9-10,14-16H2,1H3,(H,27,33)(H,28,34). The molecule has 0 radical (unpaired) electrons. The third kappa shape index (κ3) is 4.53. The quantitative estimate of drug-likeness (QED) is 0.413. The third-order valence-corrected chi connectivity index (χ3v) is 6.68. The summed E-state index contributed by atoms with van der Waals surface area (Å²) >= 11 is 0. The Morgan fingerprint density at radius 1 is 1.00 bits per heavy atom. The topological polar surface area (TPSA) is 120 Å². The zero-order valence-corrected chi connectivity index (χ0v) is 20.1. The first-order valence-corrected chi connectivity index (χ1v) is 12.2. The van der Waals surface area contributed by atoms with E-state index in [0.29, 0.717) is 16.6 Å². The average Bonchev–Trinajstić information content (AvgIpc) is 3.48. The van der Waals surface area contributed by atoms with Gasteiger partial charge in [0, 0.05) is 24.7 Å². The van der Waals surface area contributed by atoms with E-state index in [1.54, 1.807) is 30.3 Å². The molecule has 186 valence electrons. The van der Waals surface area contributed by atoms with Gasteiger partial charge in [-0.1, -0.05) is 43.2 Å². The van der Waals surface area contributed by atoms with E-state index in [4.69, 9.17) is 0 Å². The molecule has 0 bridgehead atoms. The molecule has 2 amide bonds. The highest BCUT2D eigenvalue weighted by Crippen LogP contribution is 2.18. The van der Waals surface area contributed by atoms with Gasteiger partial charge in [-0.2, -0.15) is 0 Å². The molecule has 2 N–H and O–H groups in total. The number of amides is 2. The molecule has 10 heteroatoms. The van der Waals surface area contributed by atoms with E-state index in [-0.39, 0.29) is 42.8 Å². The van der Waals surface area contributed by atoms with Crippen molar-refractivity contribution in [2.75, 3.05) is 5.32 Å². The fraction of sp³-hybridized carbons (Fsp3) is 0.346. The lowest BCUT2D eigenvalue weighted by molar-refractivity contribution is -0.122. The molecule has 1 aliphatic carbocycles.